The summed E-state index contributed by atoms with van der Waals surface area (Å²) in [5.41, 5.74) is 0.910. The van der Waals surface area contributed by atoms with Gasteiger partial charge < -0.3 is 9.84 Å². The molecule has 1 unspecified atom stereocenters. The van der Waals surface area contributed by atoms with Crippen LogP contribution in [-0.2, 0) is 4.74 Å². The summed E-state index contributed by atoms with van der Waals surface area (Å²) in [6, 6.07) is 6.98. The van der Waals surface area contributed by atoms with Crippen molar-refractivity contribution in [2.75, 3.05) is 10.6 Å². The third-order valence-electron chi connectivity index (χ3n) is 2.09. The molecule has 4 nitrogen and oxygen atoms in total. The molecule has 0 radical (unpaired) electrons. The quantitative estimate of drug-likeness (QED) is 0.840. The molecular weight excluding hydrogens is 298 g/mol. The van der Waals surface area contributed by atoms with Gasteiger partial charge in [-0.2, -0.15) is 0 Å². The largest absolute Gasteiger partial charge is 0.444 e. The van der Waals surface area contributed by atoms with E-state index in [1.807, 2.05) is 20.8 Å². The van der Waals surface area contributed by atoms with Crippen LogP contribution in [0.25, 0.3) is 0 Å². The van der Waals surface area contributed by atoms with Gasteiger partial charge in [0.25, 0.3) is 0 Å². The molecule has 0 saturated carbocycles. The van der Waals surface area contributed by atoms with E-state index in [0.29, 0.717) is 11.0 Å². The number of anilines is 1. The lowest BCUT2D eigenvalue weighted by molar-refractivity contribution is 0.0636. The van der Waals surface area contributed by atoms with Gasteiger partial charge in [0.2, 0.25) is 0 Å². The van der Waals surface area contributed by atoms with Gasteiger partial charge in [-0.1, -0.05) is 28.1 Å². The van der Waals surface area contributed by atoms with Gasteiger partial charge in [0.15, 0.2) is 0 Å². The summed E-state index contributed by atoms with van der Waals surface area (Å²) >= 11 is 3.20. The number of hydrogen-bond acceptors (Lipinski definition) is 3. The van der Waals surface area contributed by atoms with Crippen molar-refractivity contribution < 1.29 is 14.6 Å². The van der Waals surface area contributed by atoms with Crippen molar-refractivity contribution in [2.45, 2.75) is 32.5 Å². The van der Waals surface area contributed by atoms with Crippen molar-refractivity contribution in [1.82, 2.24) is 0 Å². The fraction of sp³-hybridized carbons (Fsp3) is 0.462. The van der Waals surface area contributed by atoms with Gasteiger partial charge in [-0.25, -0.2) is 4.79 Å². The second-order valence-electron chi connectivity index (χ2n) is 4.92. The first-order valence-corrected chi connectivity index (χ1v) is 6.78. The molecule has 100 valence electrons. The van der Waals surface area contributed by atoms with E-state index in [0.717, 1.165) is 5.56 Å². The van der Waals surface area contributed by atoms with Gasteiger partial charge in [-0.3, -0.25) is 5.32 Å². The van der Waals surface area contributed by atoms with Gasteiger partial charge in [-0.05, 0) is 38.5 Å². The third kappa shape index (κ3) is 5.06. The molecule has 2 N–H and O–H groups in total. The van der Waals surface area contributed by atoms with Crippen LogP contribution in [0.4, 0.5) is 10.5 Å². The Bertz CT molecular complexity index is 398. The molecule has 18 heavy (non-hydrogen) atoms. The molecule has 1 aromatic rings. The molecule has 0 aliphatic heterocycles. The lowest BCUT2D eigenvalue weighted by atomic mass is 10.1. The molecule has 0 fully saturated rings. The van der Waals surface area contributed by atoms with E-state index in [-0.39, 0.29) is 0 Å². The van der Waals surface area contributed by atoms with E-state index in [2.05, 4.69) is 21.2 Å². The van der Waals surface area contributed by atoms with Crippen molar-refractivity contribution in [3.8, 4) is 0 Å². The van der Waals surface area contributed by atoms with E-state index in [1.165, 1.54) is 0 Å². The summed E-state index contributed by atoms with van der Waals surface area (Å²) in [5, 5.41) is 12.7. The summed E-state index contributed by atoms with van der Waals surface area (Å²) in [5.74, 6) is 0. The van der Waals surface area contributed by atoms with Gasteiger partial charge in [0.05, 0.1) is 6.10 Å². The van der Waals surface area contributed by atoms with Crippen molar-refractivity contribution in [2.24, 2.45) is 0 Å². The highest BCUT2D eigenvalue weighted by atomic mass is 79.9. The van der Waals surface area contributed by atoms with Crippen LogP contribution in [0, 0.1) is 0 Å². The van der Waals surface area contributed by atoms with E-state index in [4.69, 9.17) is 4.74 Å². The zero-order valence-corrected chi connectivity index (χ0v) is 12.3. The normalized spacial score (nSPS) is 12.9. The number of amides is 1. The highest BCUT2D eigenvalue weighted by Crippen LogP contribution is 2.18. The highest BCUT2D eigenvalue weighted by Gasteiger charge is 2.16. The molecule has 1 rings (SSSR count). The minimum Gasteiger partial charge on any atom is -0.444 e. The maximum Gasteiger partial charge on any atom is 0.412 e. The molecule has 1 aromatic carbocycles. The fourth-order valence-corrected chi connectivity index (χ4v) is 1.67. The molecule has 0 bridgehead atoms. The third-order valence-corrected chi connectivity index (χ3v) is 2.70. The number of hydrogen-bond donors (Lipinski definition) is 2. The number of nitrogens with one attached hydrogen (secondary N) is 1. The fourth-order valence-electron chi connectivity index (χ4n) is 1.30. The number of carbonyl (C=O) groups excluding carboxylic acids is 1. The molecule has 0 aliphatic carbocycles. The molecule has 0 heterocycles. The van der Waals surface area contributed by atoms with Crippen molar-refractivity contribution >= 4 is 27.7 Å². The Morgan fingerprint density at radius 3 is 2.39 bits per heavy atom. The Morgan fingerprint density at radius 2 is 1.94 bits per heavy atom. The molecule has 5 heteroatoms. The Morgan fingerprint density at radius 1 is 1.39 bits per heavy atom. The SMILES string of the molecule is CC(C)(C)OC(=O)Nc1ccc(C(O)CBr)cc1. The Labute approximate surface area is 115 Å². The lowest BCUT2D eigenvalue weighted by Crippen LogP contribution is -2.27. The number of rotatable bonds is 3. The van der Waals surface area contributed by atoms with Crippen LogP contribution in [-0.4, -0.2) is 22.1 Å². The molecule has 0 spiro atoms. The van der Waals surface area contributed by atoms with Gasteiger partial charge in [0, 0.05) is 11.0 Å². The van der Waals surface area contributed by atoms with Gasteiger partial charge in [-0.15, -0.1) is 0 Å². The second kappa shape index (κ2) is 6.20. The summed E-state index contributed by atoms with van der Waals surface area (Å²) in [6.45, 7) is 5.42. The average molecular weight is 316 g/mol. The number of alkyl halides is 1. The van der Waals surface area contributed by atoms with Gasteiger partial charge in [0.1, 0.15) is 5.60 Å². The predicted molar refractivity (Wildman–Crippen MR) is 75.1 cm³/mol. The predicted octanol–water partition coefficient (Wildman–Crippen LogP) is 3.46. The molecule has 1 amide bonds. The standard InChI is InChI=1S/C13H18BrNO3/c1-13(2,3)18-12(17)15-10-6-4-9(5-7-10)11(16)8-14/h4-7,11,16H,8H2,1-3H3,(H,15,17). The number of ether oxygens (including phenoxy) is 1. The van der Waals surface area contributed by atoms with E-state index in [9.17, 15) is 9.90 Å². The van der Waals surface area contributed by atoms with Crippen LogP contribution in [0.1, 0.15) is 32.4 Å². The maximum atomic E-state index is 11.5. The molecule has 0 aliphatic rings. The Kier molecular flexibility index (Phi) is 5.16. The number of aliphatic hydroxyl groups excluding tert-OH is 1. The van der Waals surface area contributed by atoms with Gasteiger partial charge >= 0.3 is 6.09 Å². The zero-order chi connectivity index (χ0) is 13.8. The zero-order valence-electron chi connectivity index (χ0n) is 10.7. The molecular formula is C13H18BrNO3. The second-order valence-corrected chi connectivity index (χ2v) is 5.57. The first-order chi connectivity index (χ1) is 8.31. The average Bonchev–Trinajstić information content (AvgIpc) is 2.26. The van der Waals surface area contributed by atoms with Crippen LogP contribution in [0.5, 0.6) is 0 Å². The van der Waals surface area contributed by atoms with Crippen LogP contribution >= 0.6 is 15.9 Å². The van der Waals surface area contributed by atoms with E-state index in [1.54, 1.807) is 24.3 Å². The molecule has 0 saturated heterocycles. The highest BCUT2D eigenvalue weighted by molar-refractivity contribution is 9.09. The van der Waals surface area contributed by atoms with Crippen molar-refractivity contribution in [3.63, 3.8) is 0 Å². The summed E-state index contributed by atoms with van der Waals surface area (Å²) in [7, 11) is 0. The summed E-state index contributed by atoms with van der Waals surface area (Å²) < 4.78 is 5.13. The molecule has 1 atom stereocenters. The van der Waals surface area contributed by atoms with Crippen molar-refractivity contribution in [1.29, 1.82) is 0 Å². The first kappa shape index (κ1) is 15.0. The minimum absolute atomic E-state index is 0.478. The van der Waals surface area contributed by atoms with E-state index >= 15 is 0 Å². The van der Waals surface area contributed by atoms with Crippen LogP contribution in [0.3, 0.4) is 0 Å². The number of carbonyl (C=O) groups is 1. The molecule has 0 aromatic heterocycles. The number of benzene rings is 1. The smallest absolute Gasteiger partial charge is 0.412 e. The van der Waals surface area contributed by atoms with Crippen LogP contribution < -0.4 is 5.32 Å². The Balaban J connectivity index is 2.61. The minimum atomic E-state index is -0.541. The first-order valence-electron chi connectivity index (χ1n) is 5.66. The Hall–Kier alpha value is -1.07. The summed E-state index contributed by atoms with van der Waals surface area (Å²) in [6.07, 6.45) is -1.03. The van der Waals surface area contributed by atoms with Crippen LogP contribution in [0.15, 0.2) is 24.3 Å². The monoisotopic (exact) mass is 315 g/mol. The summed E-state index contributed by atoms with van der Waals surface area (Å²) in [4.78, 5) is 11.5. The number of aliphatic hydroxyl groups is 1. The van der Waals surface area contributed by atoms with Crippen LogP contribution in [0.2, 0.25) is 0 Å². The maximum absolute atomic E-state index is 11.5. The topological polar surface area (TPSA) is 58.6 Å². The number of halogens is 1. The van der Waals surface area contributed by atoms with E-state index < -0.39 is 17.8 Å². The van der Waals surface area contributed by atoms with Crippen molar-refractivity contribution in [3.05, 3.63) is 29.8 Å². The lowest BCUT2D eigenvalue weighted by Gasteiger charge is -2.19.